The second kappa shape index (κ2) is 6.03. The van der Waals surface area contributed by atoms with Gasteiger partial charge >= 0.3 is 6.18 Å². The maximum atomic E-state index is 11.9. The van der Waals surface area contributed by atoms with Crippen molar-refractivity contribution in [3.8, 4) is 0 Å². The Bertz CT molecular complexity index is 177. The fourth-order valence-electron chi connectivity index (χ4n) is 1.10. The van der Waals surface area contributed by atoms with Crippen LogP contribution in [0.3, 0.4) is 0 Å². The summed E-state index contributed by atoms with van der Waals surface area (Å²) in [6.45, 7) is 6.37. The molecule has 0 spiro atoms. The standard InChI is InChI=1S/C9H17F3N2/c1-4-13-5-8(2)6-14(3)7-9(10,11)12/h13H,2,4-7H2,1,3H3. The van der Waals surface area contributed by atoms with Crippen molar-refractivity contribution in [2.75, 3.05) is 33.2 Å². The third kappa shape index (κ3) is 8.07. The van der Waals surface area contributed by atoms with Crippen molar-refractivity contribution in [3.05, 3.63) is 12.2 Å². The van der Waals surface area contributed by atoms with Gasteiger partial charge in [-0.2, -0.15) is 13.2 Å². The van der Waals surface area contributed by atoms with Crippen LogP contribution in [0.4, 0.5) is 13.2 Å². The Hall–Kier alpha value is -0.550. The van der Waals surface area contributed by atoms with E-state index in [1.165, 1.54) is 11.9 Å². The minimum atomic E-state index is -4.13. The smallest absolute Gasteiger partial charge is 0.313 e. The molecule has 0 radical (unpaired) electrons. The molecule has 0 aliphatic heterocycles. The number of rotatable bonds is 6. The average molecular weight is 210 g/mol. The third-order valence-corrected chi connectivity index (χ3v) is 1.57. The van der Waals surface area contributed by atoms with E-state index in [1.54, 1.807) is 0 Å². The Morgan fingerprint density at radius 2 is 2.00 bits per heavy atom. The third-order valence-electron chi connectivity index (χ3n) is 1.57. The van der Waals surface area contributed by atoms with E-state index in [4.69, 9.17) is 0 Å². The van der Waals surface area contributed by atoms with E-state index in [-0.39, 0.29) is 6.54 Å². The first-order chi connectivity index (χ1) is 6.35. The van der Waals surface area contributed by atoms with Gasteiger partial charge in [-0.3, -0.25) is 4.90 Å². The van der Waals surface area contributed by atoms with Gasteiger partial charge in [0.25, 0.3) is 0 Å². The van der Waals surface area contributed by atoms with Crippen molar-refractivity contribution < 1.29 is 13.2 Å². The van der Waals surface area contributed by atoms with Crippen LogP contribution in [0.15, 0.2) is 12.2 Å². The molecule has 0 heterocycles. The summed E-state index contributed by atoms with van der Waals surface area (Å²) < 4.78 is 35.8. The molecule has 14 heavy (non-hydrogen) atoms. The molecule has 0 aliphatic rings. The van der Waals surface area contributed by atoms with Crippen LogP contribution in [0, 0.1) is 0 Å². The van der Waals surface area contributed by atoms with Crippen LogP contribution < -0.4 is 5.32 Å². The van der Waals surface area contributed by atoms with E-state index < -0.39 is 12.7 Å². The van der Waals surface area contributed by atoms with Gasteiger partial charge in [0.15, 0.2) is 0 Å². The van der Waals surface area contributed by atoms with E-state index in [0.29, 0.717) is 6.54 Å². The number of hydrogen-bond donors (Lipinski definition) is 1. The van der Waals surface area contributed by atoms with Crippen LogP contribution in [-0.2, 0) is 0 Å². The SMILES string of the molecule is C=C(CNCC)CN(C)CC(F)(F)F. The quantitative estimate of drug-likeness (QED) is 0.670. The summed E-state index contributed by atoms with van der Waals surface area (Å²) in [7, 11) is 1.44. The molecule has 1 N–H and O–H groups in total. The molecule has 0 bridgehead atoms. The Labute approximate surface area is 82.8 Å². The molecule has 0 rings (SSSR count). The van der Waals surface area contributed by atoms with E-state index in [1.807, 2.05) is 6.92 Å². The molecular weight excluding hydrogens is 193 g/mol. The lowest BCUT2D eigenvalue weighted by Gasteiger charge is -2.19. The van der Waals surface area contributed by atoms with Crippen molar-refractivity contribution in [3.63, 3.8) is 0 Å². The van der Waals surface area contributed by atoms with E-state index in [9.17, 15) is 13.2 Å². The molecule has 0 aromatic carbocycles. The topological polar surface area (TPSA) is 15.3 Å². The lowest BCUT2D eigenvalue weighted by molar-refractivity contribution is -0.142. The van der Waals surface area contributed by atoms with Crippen LogP contribution in [0.5, 0.6) is 0 Å². The second-order valence-corrected chi connectivity index (χ2v) is 3.32. The Morgan fingerprint density at radius 3 is 2.43 bits per heavy atom. The Kier molecular flexibility index (Phi) is 5.79. The zero-order chi connectivity index (χ0) is 11.2. The summed E-state index contributed by atoms with van der Waals surface area (Å²) in [6, 6.07) is 0. The lowest BCUT2D eigenvalue weighted by atomic mass is 10.3. The highest BCUT2D eigenvalue weighted by Crippen LogP contribution is 2.15. The van der Waals surface area contributed by atoms with Gasteiger partial charge < -0.3 is 5.32 Å². The summed E-state index contributed by atoms with van der Waals surface area (Å²) in [4.78, 5) is 1.21. The van der Waals surface area contributed by atoms with Gasteiger partial charge in [-0.15, -0.1) is 0 Å². The maximum Gasteiger partial charge on any atom is 0.401 e. The lowest BCUT2D eigenvalue weighted by Crippen LogP contribution is -2.33. The predicted octanol–water partition coefficient (Wildman–Crippen LogP) is 1.65. The van der Waals surface area contributed by atoms with E-state index in [0.717, 1.165) is 12.1 Å². The molecule has 5 heteroatoms. The number of halogens is 3. The zero-order valence-electron chi connectivity index (χ0n) is 8.62. The summed E-state index contributed by atoms with van der Waals surface area (Å²) in [5, 5.41) is 3.01. The van der Waals surface area contributed by atoms with Crippen molar-refractivity contribution in [2.24, 2.45) is 0 Å². The molecule has 0 atom stereocenters. The average Bonchev–Trinajstić information content (AvgIpc) is 1.96. The number of alkyl halides is 3. The van der Waals surface area contributed by atoms with E-state index >= 15 is 0 Å². The minimum absolute atomic E-state index is 0.270. The summed E-state index contributed by atoms with van der Waals surface area (Å²) in [5.41, 5.74) is 0.763. The summed E-state index contributed by atoms with van der Waals surface area (Å²) in [6.07, 6.45) is -4.13. The van der Waals surface area contributed by atoms with Gasteiger partial charge in [0, 0.05) is 13.1 Å². The summed E-state index contributed by atoms with van der Waals surface area (Å²) in [5.74, 6) is 0. The molecule has 0 amide bonds. The monoisotopic (exact) mass is 210 g/mol. The van der Waals surface area contributed by atoms with Crippen LogP contribution >= 0.6 is 0 Å². The van der Waals surface area contributed by atoms with Crippen molar-refractivity contribution in [1.29, 1.82) is 0 Å². The van der Waals surface area contributed by atoms with Crippen LogP contribution in [-0.4, -0.2) is 44.3 Å². The highest BCUT2D eigenvalue weighted by Gasteiger charge is 2.28. The number of nitrogens with zero attached hydrogens (tertiary/aromatic N) is 1. The zero-order valence-corrected chi connectivity index (χ0v) is 8.62. The predicted molar refractivity (Wildman–Crippen MR) is 51.2 cm³/mol. The largest absolute Gasteiger partial charge is 0.401 e. The van der Waals surface area contributed by atoms with Crippen LogP contribution in [0.2, 0.25) is 0 Å². The highest BCUT2D eigenvalue weighted by molar-refractivity contribution is 4.99. The van der Waals surface area contributed by atoms with Gasteiger partial charge in [0.1, 0.15) is 0 Å². The molecule has 0 saturated carbocycles. The minimum Gasteiger partial charge on any atom is -0.313 e. The Morgan fingerprint density at radius 1 is 1.43 bits per heavy atom. The molecule has 0 aliphatic carbocycles. The van der Waals surface area contributed by atoms with Gasteiger partial charge in [-0.25, -0.2) is 0 Å². The fraction of sp³-hybridized carbons (Fsp3) is 0.778. The second-order valence-electron chi connectivity index (χ2n) is 3.32. The first-order valence-corrected chi connectivity index (χ1v) is 4.48. The van der Waals surface area contributed by atoms with Gasteiger partial charge in [-0.1, -0.05) is 13.5 Å². The Balaban J connectivity index is 3.71. The van der Waals surface area contributed by atoms with Gasteiger partial charge in [-0.05, 0) is 19.2 Å². The summed E-state index contributed by atoms with van der Waals surface area (Å²) >= 11 is 0. The van der Waals surface area contributed by atoms with Crippen molar-refractivity contribution in [1.82, 2.24) is 10.2 Å². The van der Waals surface area contributed by atoms with Crippen LogP contribution in [0.1, 0.15) is 6.92 Å². The molecule has 0 unspecified atom stereocenters. The first kappa shape index (κ1) is 13.4. The first-order valence-electron chi connectivity index (χ1n) is 4.48. The molecule has 0 saturated heterocycles. The normalized spacial score (nSPS) is 12.1. The van der Waals surface area contributed by atoms with E-state index in [2.05, 4.69) is 11.9 Å². The molecule has 0 aromatic rings. The molecule has 84 valence electrons. The fourth-order valence-corrected chi connectivity index (χ4v) is 1.10. The molecular formula is C9H17F3N2. The van der Waals surface area contributed by atoms with Crippen LogP contribution in [0.25, 0.3) is 0 Å². The number of hydrogen-bond acceptors (Lipinski definition) is 2. The van der Waals surface area contributed by atoms with Gasteiger partial charge in [0.2, 0.25) is 0 Å². The van der Waals surface area contributed by atoms with Crippen molar-refractivity contribution in [2.45, 2.75) is 13.1 Å². The maximum absolute atomic E-state index is 11.9. The molecule has 0 fully saturated rings. The molecule has 2 nitrogen and oxygen atoms in total. The number of nitrogens with one attached hydrogen (secondary N) is 1. The number of likely N-dealkylation sites (N-methyl/N-ethyl adjacent to an activating group) is 2. The van der Waals surface area contributed by atoms with Gasteiger partial charge in [0.05, 0.1) is 6.54 Å². The highest BCUT2D eigenvalue weighted by atomic mass is 19.4. The molecule has 0 aromatic heterocycles. The van der Waals surface area contributed by atoms with Crippen molar-refractivity contribution >= 4 is 0 Å².